The van der Waals surface area contributed by atoms with Crippen molar-refractivity contribution in [2.75, 3.05) is 18.4 Å². The van der Waals surface area contributed by atoms with Crippen LogP contribution in [0.25, 0.3) is 10.8 Å². The zero-order chi connectivity index (χ0) is 21.1. The average Bonchev–Trinajstić information content (AvgIpc) is 2.74. The Hall–Kier alpha value is -2.97. The normalized spacial score (nSPS) is 15.3. The molecule has 2 amide bonds. The molecule has 0 aliphatic carbocycles. The number of halogens is 1. The van der Waals surface area contributed by atoms with Gasteiger partial charge in [-0.05, 0) is 48.6 Å². The van der Waals surface area contributed by atoms with Crippen LogP contribution < -0.4 is 10.0 Å². The van der Waals surface area contributed by atoms with Gasteiger partial charge in [0.2, 0.25) is 10.0 Å². The van der Waals surface area contributed by atoms with Crippen LogP contribution in [0.3, 0.4) is 0 Å². The van der Waals surface area contributed by atoms with Crippen molar-refractivity contribution in [1.82, 2.24) is 9.62 Å². The molecule has 3 aromatic carbocycles. The zero-order valence-electron chi connectivity index (χ0n) is 16.2. The van der Waals surface area contributed by atoms with Gasteiger partial charge in [0.1, 0.15) is 5.82 Å². The van der Waals surface area contributed by atoms with Gasteiger partial charge in [-0.15, -0.1) is 0 Å². The highest BCUT2D eigenvalue weighted by Crippen LogP contribution is 2.24. The van der Waals surface area contributed by atoms with Crippen LogP contribution in [-0.4, -0.2) is 38.5 Å². The van der Waals surface area contributed by atoms with E-state index in [4.69, 9.17) is 0 Å². The van der Waals surface area contributed by atoms with Gasteiger partial charge in [-0.2, -0.15) is 0 Å². The fourth-order valence-corrected chi connectivity index (χ4v) is 4.94. The molecule has 0 aromatic heterocycles. The predicted octanol–water partition coefficient (Wildman–Crippen LogP) is 3.95. The van der Waals surface area contributed by atoms with Crippen molar-refractivity contribution in [3.8, 4) is 0 Å². The summed E-state index contributed by atoms with van der Waals surface area (Å²) in [4.78, 5) is 14.4. The minimum Gasteiger partial charge on any atom is -0.324 e. The van der Waals surface area contributed by atoms with Crippen molar-refractivity contribution in [1.29, 1.82) is 0 Å². The molecule has 30 heavy (non-hydrogen) atoms. The van der Waals surface area contributed by atoms with Crippen LogP contribution in [0.15, 0.2) is 71.6 Å². The van der Waals surface area contributed by atoms with E-state index in [-0.39, 0.29) is 17.0 Å². The van der Waals surface area contributed by atoms with Gasteiger partial charge in [0.05, 0.1) is 10.6 Å². The van der Waals surface area contributed by atoms with Crippen LogP contribution in [0, 0.1) is 5.82 Å². The summed E-state index contributed by atoms with van der Waals surface area (Å²) in [6.45, 7) is 0.875. The molecule has 0 radical (unpaired) electrons. The molecule has 1 aliphatic heterocycles. The van der Waals surface area contributed by atoms with Crippen molar-refractivity contribution in [2.24, 2.45) is 0 Å². The summed E-state index contributed by atoms with van der Waals surface area (Å²) in [6.07, 6.45) is 1.01. The van der Waals surface area contributed by atoms with Gasteiger partial charge in [0.25, 0.3) is 0 Å². The van der Waals surface area contributed by atoms with Crippen molar-refractivity contribution >= 4 is 32.5 Å². The maximum atomic E-state index is 13.0. The highest BCUT2D eigenvalue weighted by Gasteiger charge is 2.27. The molecule has 1 heterocycles. The van der Waals surface area contributed by atoms with Gasteiger partial charge in [0.15, 0.2) is 0 Å². The molecule has 4 rings (SSSR count). The van der Waals surface area contributed by atoms with E-state index in [9.17, 15) is 17.6 Å². The topological polar surface area (TPSA) is 78.5 Å². The van der Waals surface area contributed by atoms with Crippen LogP contribution in [0.4, 0.5) is 14.9 Å². The summed E-state index contributed by atoms with van der Waals surface area (Å²) in [6, 6.07) is 17.8. The number of nitrogens with one attached hydrogen (secondary N) is 2. The molecule has 0 atom stereocenters. The molecule has 6 nitrogen and oxygen atoms in total. The van der Waals surface area contributed by atoms with Gasteiger partial charge in [-0.3, -0.25) is 0 Å². The third kappa shape index (κ3) is 4.44. The highest BCUT2D eigenvalue weighted by molar-refractivity contribution is 7.89. The number of carbonyl (C=O) groups is 1. The summed E-state index contributed by atoms with van der Waals surface area (Å²) >= 11 is 0. The number of carbonyl (C=O) groups excluding carboxylic acids is 1. The largest absolute Gasteiger partial charge is 0.324 e. The number of piperidine rings is 1. The quantitative estimate of drug-likeness (QED) is 0.662. The predicted molar refractivity (Wildman–Crippen MR) is 114 cm³/mol. The molecule has 3 aromatic rings. The van der Waals surface area contributed by atoms with Crippen LogP contribution >= 0.6 is 0 Å². The first-order chi connectivity index (χ1) is 14.4. The number of rotatable bonds is 4. The van der Waals surface area contributed by atoms with Crippen molar-refractivity contribution in [3.63, 3.8) is 0 Å². The minimum atomic E-state index is -3.72. The van der Waals surface area contributed by atoms with E-state index in [0.717, 1.165) is 28.6 Å². The molecular formula is C22H22FN3O3S. The lowest BCUT2D eigenvalue weighted by molar-refractivity contribution is 0.193. The summed E-state index contributed by atoms with van der Waals surface area (Å²) in [5, 5.41) is 4.98. The Morgan fingerprint density at radius 3 is 2.33 bits per heavy atom. The number of anilines is 1. The Bertz CT molecular complexity index is 1150. The Balaban J connectivity index is 1.36. The summed E-state index contributed by atoms with van der Waals surface area (Å²) in [7, 11) is -3.72. The van der Waals surface area contributed by atoms with Crippen LogP contribution in [-0.2, 0) is 10.0 Å². The first kappa shape index (κ1) is 20.3. The van der Waals surface area contributed by atoms with E-state index in [1.54, 1.807) is 4.90 Å². The molecule has 2 N–H and O–H groups in total. The SMILES string of the molecule is O=C(Nc1cccc2ccccc12)N1CCC(NS(=O)(=O)c2ccc(F)cc2)CC1. The number of nitrogens with zero attached hydrogens (tertiary/aromatic N) is 1. The number of hydrogen-bond donors (Lipinski definition) is 2. The monoisotopic (exact) mass is 427 g/mol. The lowest BCUT2D eigenvalue weighted by Gasteiger charge is -2.32. The van der Waals surface area contributed by atoms with E-state index in [0.29, 0.717) is 25.9 Å². The number of urea groups is 1. The van der Waals surface area contributed by atoms with Crippen LogP contribution in [0.2, 0.25) is 0 Å². The lowest BCUT2D eigenvalue weighted by atomic mass is 10.1. The number of sulfonamides is 1. The van der Waals surface area contributed by atoms with E-state index in [2.05, 4.69) is 10.0 Å². The standard InChI is InChI=1S/C22H22FN3O3S/c23-17-8-10-19(11-9-17)30(28,29)25-18-12-14-26(15-13-18)22(27)24-21-7-3-5-16-4-1-2-6-20(16)21/h1-11,18,25H,12-15H2,(H,24,27). The second-order valence-corrected chi connectivity index (χ2v) is 9.01. The fraction of sp³-hybridized carbons (Fsp3) is 0.227. The number of hydrogen-bond acceptors (Lipinski definition) is 3. The van der Waals surface area contributed by atoms with Crippen LogP contribution in [0.5, 0.6) is 0 Å². The Morgan fingerprint density at radius 2 is 1.60 bits per heavy atom. The molecule has 156 valence electrons. The first-order valence-corrected chi connectivity index (χ1v) is 11.2. The maximum absolute atomic E-state index is 13.0. The van der Waals surface area contributed by atoms with E-state index >= 15 is 0 Å². The first-order valence-electron chi connectivity index (χ1n) is 9.74. The molecule has 1 aliphatic rings. The van der Waals surface area contributed by atoms with Gasteiger partial charge in [0, 0.05) is 24.5 Å². The van der Waals surface area contributed by atoms with Gasteiger partial charge in [-0.1, -0.05) is 36.4 Å². The molecule has 1 saturated heterocycles. The van der Waals surface area contributed by atoms with Crippen molar-refractivity contribution in [2.45, 2.75) is 23.8 Å². The van der Waals surface area contributed by atoms with Crippen molar-refractivity contribution < 1.29 is 17.6 Å². The number of fused-ring (bicyclic) bond motifs is 1. The van der Waals surface area contributed by atoms with Crippen LogP contribution in [0.1, 0.15) is 12.8 Å². The summed E-state index contributed by atoms with van der Waals surface area (Å²) < 4.78 is 40.6. The molecule has 0 saturated carbocycles. The third-order valence-corrected chi connectivity index (χ3v) is 6.80. The fourth-order valence-electron chi connectivity index (χ4n) is 3.63. The Morgan fingerprint density at radius 1 is 0.933 bits per heavy atom. The smallest absolute Gasteiger partial charge is 0.321 e. The summed E-state index contributed by atoms with van der Waals surface area (Å²) in [5.74, 6) is -0.487. The van der Waals surface area contributed by atoms with Gasteiger partial charge < -0.3 is 10.2 Å². The third-order valence-electron chi connectivity index (χ3n) is 5.26. The molecule has 1 fully saturated rings. The molecule has 8 heteroatoms. The average molecular weight is 428 g/mol. The Kier molecular flexibility index (Phi) is 5.69. The molecule has 0 spiro atoms. The number of likely N-dealkylation sites (tertiary alicyclic amines) is 1. The number of amides is 2. The van der Waals surface area contributed by atoms with E-state index in [1.807, 2.05) is 42.5 Å². The van der Waals surface area contributed by atoms with Gasteiger partial charge in [-0.25, -0.2) is 22.3 Å². The Labute approximate surface area is 174 Å². The van der Waals surface area contributed by atoms with Crippen molar-refractivity contribution in [3.05, 3.63) is 72.5 Å². The van der Waals surface area contributed by atoms with E-state index < -0.39 is 15.8 Å². The number of benzene rings is 3. The van der Waals surface area contributed by atoms with Gasteiger partial charge >= 0.3 is 6.03 Å². The summed E-state index contributed by atoms with van der Waals surface area (Å²) in [5.41, 5.74) is 0.747. The molecule has 0 bridgehead atoms. The second kappa shape index (κ2) is 8.41. The highest BCUT2D eigenvalue weighted by atomic mass is 32.2. The lowest BCUT2D eigenvalue weighted by Crippen LogP contribution is -2.47. The molecular weight excluding hydrogens is 405 g/mol. The zero-order valence-corrected chi connectivity index (χ0v) is 17.0. The second-order valence-electron chi connectivity index (χ2n) is 7.29. The van der Waals surface area contributed by atoms with E-state index in [1.165, 1.54) is 12.1 Å². The minimum absolute atomic E-state index is 0.0278. The molecule has 0 unspecified atom stereocenters. The maximum Gasteiger partial charge on any atom is 0.321 e.